The van der Waals surface area contributed by atoms with Gasteiger partial charge in [-0.25, -0.2) is 17.5 Å². The summed E-state index contributed by atoms with van der Waals surface area (Å²) in [5.74, 6) is -2.12. The smallest absolute Gasteiger partial charge is 0.287 e. The third-order valence-corrected chi connectivity index (χ3v) is 10.3. The molecule has 3 N–H and O–H groups in total. The third-order valence-electron chi connectivity index (χ3n) is 6.83. The first-order valence-corrected chi connectivity index (χ1v) is 16.3. The summed E-state index contributed by atoms with van der Waals surface area (Å²) < 4.78 is 69.2. The van der Waals surface area contributed by atoms with Crippen molar-refractivity contribution in [1.82, 2.24) is 9.62 Å². The summed E-state index contributed by atoms with van der Waals surface area (Å²) in [6.07, 6.45) is 3.89. The number of rotatable bonds is 6. The Hall–Kier alpha value is -2.52. The van der Waals surface area contributed by atoms with Crippen molar-refractivity contribution in [3.8, 4) is 0 Å². The van der Waals surface area contributed by atoms with Gasteiger partial charge < -0.3 is 15.3 Å². The summed E-state index contributed by atoms with van der Waals surface area (Å²) in [7, 11) is -7.90. The number of benzene rings is 1. The predicted molar refractivity (Wildman–Crippen MR) is 142 cm³/mol. The van der Waals surface area contributed by atoms with Crippen LogP contribution in [0.15, 0.2) is 44.2 Å². The molecule has 0 unspecified atom stereocenters. The number of amidine groups is 1. The minimum Gasteiger partial charge on any atom is -0.511 e. The van der Waals surface area contributed by atoms with E-state index in [2.05, 4.69) is 14.4 Å². The highest BCUT2D eigenvalue weighted by atomic mass is 35.5. The van der Waals surface area contributed by atoms with E-state index in [1.807, 2.05) is 0 Å². The van der Waals surface area contributed by atoms with Crippen LogP contribution in [0.5, 0.6) is 0 Å². The molecule has 15 heteroatoms. The predicted octanol–water partition coefficient (Wildman–Crippen LogP) is 3.52. The minimum atomic E-state index is -4.33. The molecule has 2 aromatic rings. The summed E-state index contributed by atoms with van der Waals surface area (Å²) in [6, 6.07) is 3.85. The van der Waals surface area contributed by atoms with Gasteiger partial charge in [0.1, 0.15) is 27.0 Å². The molecule has 0 radical (unpaired) electrons. The van der Waals surface area contributed by atoms with Crippen molar-refractivity contribution in [2.45, 2.75) is 49.7 Å². The zero-order valence-electron chi connectivity index (χ0n) is 20.1. The average Bonchev–Trinajstić information content (AvgIpc) is 3.26. The molecule has 0 bridgehead atoms. The normalized spacial score (nSPS) is 23.0. The zero-order chi connectivity index (χ0) is 27.4. The number of carbonyl (C=O) groups is 1. The van der Waals surface area contributed by atoms with Gasteiger partial charge >= 0.3 is 0 Å². The molecule has 0 spiro atoms. The number of hydrogen-bond donors (Lipinski definition) is 3. The lowest BCUT2D eigenvalue weighted by molar-refractivity contribution is -0.133. The molecule has 5 rings (SSSR count). The van der Waals surface area contributed by atoms with E-state index in [0.29, 0.717) is 18.4 Å². The van der Waals surface area contributed by atoms with Crippen LogP contribution >= 0.6 is 22.9 Å². The minimum absolute atomic E-state index is 0.0819. The first kappa shape index (κ1) is 27.1. The summed E-state index contributed by atoms with van der Waals surface area (Å²) in [6.45, 7) is -0.163. The van der Waals surface area contributed by atoms with Crippen LogP contribution in [0.3, 0.4) is 0 Å². The number of nitrogens with one attached hydrogen (secondary N) is 2. The van der Waals surface area contributed by atoms with Crippen molar-refractivity contribution < 1.29 is 31.1 Å². The van der Waals surface area contributed by atoms with Gasteiger partial charge in [-0.3, -0.25) is 4.79 Å². The monoisotopic (exact) mass is 602 g/mol. The van der Waals surface area contributed by atoms with Crippen LogP contribution in [-0.4, -0.2) is 50.9 Å². The second kappa shape index (κ2) is 9.90. The van der Waals surface area contributed by atoms with E-state index in [-0.39, 0.29) is 56.8 Å². The highest BCUT2D eigenvalue weighted by Gasteiger charge is 2.46. The Morgan fingerprint density at radius 1 is 1.32 bits per heavy atom. The molecular formula is C23H24ClFN4O6S3. The summed E-state index contributed by atoms with van der Waals surface area (Å²) >= 11 is 6.97. The SMILES string of the molecule is CS(=O)(=O)NCc1csc2c1S(=O)(=O)N=C(C1=C(O)[C@H]3CCCC[C@H]3N(Cc3ccc(F)c(Cl)c3)C1=O)N2. The van der Waals surface area contributed by atoms with E-state index in [1.165, 1.54) is 23.6 Å². The van der Waals surface area contributed by atoms with Gasteiger partial charge in [0.2, 0.25) is 10.0 Å². The molecule has 38 heavy (non-hydrogen) atoms. The van der Waals surface area contributed by atoms with E-state index in [4.69, 9.17) is 11.6 Å². The fourth-order valence-corrected chi connectivity index (χ4v) is 8.35. The molecule has 1 aliphatic carbocycles. The van der Waals surface area contributed by atoms with Crippen molar-refractivity contribution in [3.63, 3.8) is 0 Å². The van der Waals surface area contributed by atoms with E-state index < -0.39 is 37.7 Å². The lowest BCUT2D eigenvalue weighted by atomic mass is 9.78. The van der Waals surface area contributed by atoms with Gasteiger partial charge in [-0.05, 0) is 35.9 Å². The largest absolute Gasteiger partial charge is 0.511 e. The molecule has 2 atom stereocenters. The fraction of sp³-hybridized carbons (Fsp3) is 0.391. The fourth-order valence-electron chi connectivity index (χ4n) is 5.13. The van der Waals surface area contributed by atoms with Gasteiger partial charge in [0, 0.05) is 30.6 Å². The Morgan fingerprint density at radius 3 is 2.76 bits per heavy atom. The van der Waals surface area contributed by atoms with Gasteiger partial charge in [0.15, 0.2) is 5.84 Å². The summed E-state index contributed by atoms with van der Waals surface area (Å²) in [4.78, 5) is 15.2. The highest BCUT2D eigenvalue weighted by molar-refractivity contribution is 7.91. The number of aliphatic hydroxyl groups excluding tert-OH is 1. The van der Waals surface area contributed by atoms with Crippen LogP contribution in [0.1, 0.15) is 36.8 Å². The number of amides is 1. The molecule has 1 saturated carbocycles. The number of aliphatic hydroxyl groups is 1. The van der Waals surface area contributed by atoms with Gasteiger partial charge in [0.25, 0.3) is 15.9 Å². The van der Waals surface area contributed by atoms with Gasteiger partial charge in [-0.1, -0.05) is 30.5 Å². The lowest BCUT2D eigenvalue weighted by Crippen LogP contribution is -2.52. The van der Waals surface area contributed by atoms with E-state index in [1.54, 1.807) is 4.90 Å². The van der Waals surface area contributed by atoms with Crippen LogP contribution in [0.2, 0.25) is 5.02 Å². The quantitative estimate of drug-likeness (QED) is 0.459. The average molecular weight is 603 g/mol. The van der Waals surface area contributed by atoms with Crippen molar-refractivity contribution in [2.75, 3.05) is 11.6 Å². The molecule has 204 valence electrons. The Labute approximate surface area is 228 Å². The molecule has 3 heterocycles. The molecule has 1 fully saturated rings. The van der Waals surface area contributed by atoms with Crippen molar-refractivity contribution in [2.24, 2.45) is 10.3 Å². The second-order valence-corrected chi connectivity index (χ2v) is 14.1. The Kier molecular flexibility index (Phi) is 7.05. The first-order valence-electron chi connectivity index (χ1n) is 11.7. The maximum absolute atomic E-state index is 13.8. The van der Waals surface area contributed by atoms with Crippen molar-refractivity contribution in [1.29, 1.82) is 0 Å². The standard InChI is InChI=1S/C23H24ClFN4O6S3/c1-37(32,33)26-9-13-11-36-22-20(13)38(34,35)28-21(27-22)18-19(30)14-4-2-3-5-17(14)29(23(18)31)10-12-6-7-16(25)15(24)8-12/h6-8,11,14,17,26,30H,2-5,9-10H2,1H3,(H,27,28)/t14-,17+/m0/s1. The Balaban J connectivity index is 1.52. The number of thiophene rings is 1. The third kappa shape index (κ3) is 5.07. The topological polar surface area (TPSA) is 145 Å². The highest BCUT2D eigenvalue weighted by Crippen LogP contribution is 2.42. The van der Waals surface area contributed by atoms with Gasteiger partial charge in [-0.2, -0.15) is 8.42 Å². The maximum Gasteiger partial charge on any atom is 0.287 e. The number of fused-ring (bicyclic) bond motifs is 2. The number of halogens is 2. The molecule has 1 aromatic heterocycles. The molecule has 1 amide bonds. The molecule has 10 nitrogen and oxygen atoms in total. The van der Waals surface area contributed by atoms with Gasteiger partial charge in [-0.15, -0.1) is 15.7 Å². The van der Waals surface area contributed by atoms with Crippen LogP contribution < -0.4 is 10.0 Å². The number of sulfonamides is 2. The second-order valence-electron chi connectivity index (χ2n) is 9.45. The number of anilines is 1. The van der Waals surface area contributed by atoms with E-state index in [9.17, 15) is 31.1 Å². The van der Waals surface area contributed by atoms with E-state index >= 15 is 0 Å². The molecule has 3 aliphatic rings. The van der Waals surface area contributed by atoms with Gasteiger partial charge in [0.05, 0.1) is 11.3 Å². The molecule has 1 aromatic carbocycles. The van der Waals surface area contributed by atoms with Crippen LogP contribution in [-0.2, 0) is 37.9 Å². The Morgan fingerprint density at radius 2 is 2.05 bits per heavy atom. The number of nitrogens with zero attached hydrogens (tertiary/aromatic N) is 2. The van der Waals surface area contributed by atoms with Crippen molar-refractivity contribution in [3.05, 3.63) is 56.9 Å². The number of hydrogen-bond acceptors (Lipinski definition) is 8. The zero-order valence-corrected chi connectivity index (χ0v) is 23.3. The lowest BCUT2D eigenvalue weighted by Gasteiger charge is -2.44. The summed E-state index contributed by atoms with van der Waals surface area (Å²) in [5.41, 5.74) is 0.561. The molecular weight excluding hydrogens is 579 g/mol. The molecule has 2 aliphatic heterocycles. The first-order chi connectivity index (χ1) is 17.9. The van der Waals surface area contributed by atoms with Crippen molar-refractivity contribution >= 4 is 59.7 Å². The van der Waals surface area contributed by atoms with Crippen LogP contribution in [0, 0.1) is 11.7 Å². The summed E-state index contributed by atoms with van der Waals surface area (Å²) in [5, 5.41) is 15.7. The Bertz CT molecular complexity index is 1600. The number of carbonyl (C=O) groups excluding carboxylic acids is 1. The molecule has 0 saturated heterocycles. The van der Waals surface area contributed by atoms with Crippen LogP contribution in [0.25, 0.3) is 0 Å². The van der Waals surface area contributed by atoms with Crippen LogP contribution in [0.4, 0.5) is 9.39 Å². The van der Waals surface area contributed by atoms with E-state index in [0.717, 1.165) is 30.4 Å². The maximum atomic E-state index is 13.8.